The van der Waals surface area contributed by atoms with Crippen molar-refractivity contribution in [3.63, 3.8) is 0 Å². The molecule has 8 nitrogen and oxygen atoms in total. The van der Waals surface area contributed by atoms with Gasteiger partial charge in [0.25, 0.3) is 0 Å². The lowest BCUT2D eigenvalue weighted by atomic mass is 9.98. The zero-order valence-corrected chi connectivity index (χ0v) is 19.0. The van der Waals surface area contributed by atoms with Crippen molar-refractivity contribution in [1.29, 1.82) is 0 Å². The number of guanidine groups is 1. The first-order chi connectivity index (χ1) is 13.0. The summed E-state index contributed by atoms with van der Waals surface area (Å²) in [6.07, 6.45) is 0.913. The molecule has 9 heteroatoms. The van der Waals surface area contributed by atoms with Crippen LogP contribution in [-0.4, -0.2) is 62.6 Å². The number of ether oxygens (including phenoxy) is 1. The Morgan fingerprint density at radius 1 is 1.29 bits per heavy atom. The fourth-order valence-corrected chi connectivity index (χ4v) is 2.78. The number of nitrogens with one attached hydrogen (secondary N) is 3. The van der Waals surface area contributed by atoms with E-state index in [0.29, 0.717) is 31.5 Å². The van der Waals surface area contributed by atoms with E-state index in [1.807, 2.05) is 19.1 Å². The third-order valence-corrected chi connectivity index (χ3v) is 4.43. The summed E-state index contributed by atoms with van der Waals surface area (Å²) in [6, 6.07) is 7.76. The molecule has 1 heterocycles. The molecule has 1 aromatic carbocycles. The zero-order valence-electron chi connectivity index (χ0n) is 16.7. The van der Waals surface area contributed by atoms with Gasteiger partial charge in [-0.1, -0.05) is 19.1 Å². The standard InChI is InChI=1S/C19H29N5O3.HI/c1-4-20-18(22-11-12-24-17(25)13-23-19(24)26)21-10-9-14(2)15-5-7-16(27-3)8-6-15;/h5-8,14H,4,9-13H2,1-3H3,(H,23,26)(H2,20,21,22);1H. The van der Waals surface area contributed by atoms with Crippen molar-refractivity contribution in [2.75, 3.05) is 39.8 Å². The Morgan fingerprint density at radius 3 is 2.57 bits per heavy atom. The van der Waals surface area contributed by atoms with Gasteiger partial charge in [-0.15, -0.1) is 24.0 Å². The number of rotatable bonds is 9. The minimum Gasteiger partial charge on any atom is -0.497 e. The van der Waals surface area contributed by atoms with Gasteiger partial charge >= 0.3 is 6.03 Å². The zero-order chi connectivity index (χ0) is 19.6. The number of carbonyl (C=O) groups excluding carboxylic acids is 2. The first kappa shape index (κ1) is 24.0. The van der Waals surface area contributed by atoms with Crippen LogP contribution in [0.5, 0.6) is 5.75 Å². The number of urea groups is 1. The van der Waals surface area contributed by atoms with Crippen molar-refractivity contribution in [2.45, 2.75) is 26.2 Å². The minimum atomic E-state index is -0.336. The average Bonchev–Trinajstić information content (AvgIpc) is 3.00. The SMILES string of the molecule is CCNC(=NCCC(C)c1ccc(OC)cc1)NCCN1C(=O)CNC1=O.I. The topological polar surface area (TPSA) is 95.1 Å². The Balaban J connectivity index is 0.00000392. The first-order valence-corrected chi connectivity index (χ1v) is 9.29. The summed E-state index contributed by atoms with van der Waals surface area (Å²) in [5.74, 6) is 1.73. The van der Waals surface area contributed by atoms with Crippen LogP contribution < -0.4 is 20.7 Å². The van der Waals surface area contributed by atoms with E-state index in [1.165, 1.54) is 10.5 Å². The van der Waals surface area contributed by atoms with Gasteiger partial charge in [-0.3, -0.25) is 14.7 Å². The molecule has 1 saturated heterocycles. The average molecular weight is 503 g/mol. The molecule has 3 N–H and O–H groups in total. The third kappa shape index (κ3) is 7.17. The van der Waals surface area contributed by atoms with Crippen molar-refractivity contribution in [3.8, 4) is 5.75 Å². The molecule has 1 aliphatic heterocycles. The van der Waals surface area contributed by atoms with Crippen molar-refractivity contribution in [2.24, 2.45) is 4.99 Å². The summed E-state index contributed by atoms with van der Waals surface area (Å²) in [4.78, 5) is 28.9. The van der Waals surface area contributed by atoms with E-state index < -0.39 is 0 Å². The molecule has 1 aromatic rings. The number of hydrogen-bond acceptors (Lipinski definition) is 4. The summed E-state index contributed by atoms with van der Waals surface area (Å²) in [5.41, 5.74) is 1.25. The van der Waals surface area contributed by atoms with Crippen LogP contribution in [0.4, 0.5) is 4.79 Å². The molecule has 2 rings (SSSR count). The van der Waals surface area contributed by atoms with E-state index in [4.69, 9.17) is 4.74 Å². The van der Waals surface area contributed by atoms with Crippen molar-refractivity contribution < 1.29 is 14.3 Å². The predicted octanol–water partition coefficient (Wildman–Crippen LogP) is 1.91. The van der Waals surface area contributed by atoms with Gasteiger partial charge in [0.05, 0.1) is 13.7 Å². The van der Waals surface area contributed by atoms with Gasteiger partial charge in [0.2, 0.25) is 5.91 Å². The maximum atomic E-state index is 11.6. The summed E-state index contributed by atoms with van der Waals surface area (Å²) in [6.45, 7) is 6.44. The minimum absolute atomic E-state index is 0. The van der Waals surface area contributed by atoms with E-state index in [2.05, 4.69) is 40.0 Å². The molecule has 1 aliphatic rings. The number of carbonyl (C=O) groups is 2. The number of hydrogen-bond donors (Lipinski definition) is 3. The number of amides is 3. The normalized spacial score (nSPS) is 15.0. The molecular formula is C19H30IN5O3. The van der Waals surface area contributed by atoms with E-state index in [0.717, 1.165) is 18.7 Å². The van der Waals surface area contributed by atoms with Crippen LogP contribution in [0.15, 0.2) is 29.3 Å². The molecule has 0 spiro atoms. The number of benzene rings is 1. The molecule has 0 radical (unpaired) electrons. The summed E-state index contributed by atoms with van der Waals surface area (Å²) in [7, 11) is 1.66. The second kappa shape index (κ2) is 12.4. The summed E-state index contributed by atoms with van der Waals surface area (Å²) >= 11 is 0. The molecule has 1 unspecified atom stereocenters. The van der Waals surface area contributed by atoms with E-state index in [-0.39, 0.29) is 42.5 Å². The molecule has 0 aliphatic carbocycles. The largest absolute Gasteiger partial charge is 0.497 e. The quantitative estimate of drug-likeness (QED) is 0.207. The Labute approximate surface area is 183 Å². The van der Waals surface area contributed by atoms with Crippen LogP contribution in [0.25, 0.3) is 0 Å². The fraction of sp³-hybridized carbons (Fsp3) is 0.526. The molecule has 1 atom stereocenters. The molecule has 28 heavy (non-hydrogen) atoms. The highest BCUT2D eigenvalue weighted by molar-refractivity contribution is 14.0. The molecule has 0 bridgehead atoms. The molecule has 0 aromatic heterocycles. The Hall–Kier alpha value is -2.04. The molecule has 0 saturated carbocycles. The highest BCUT2D eigenvalue weighted by Crippen LogP contribution is 2.21. The lowest BCUT2D eigenvalue weighted by molar-refractivity contribution is -0.124. The molecular weight excluding hydrogens is 473 g/mol. The number of imide groups is 1. The maximum Gasteiger partial charge on any atom is 0.324 e. The smallest absolute Gasteiger partial charge is 0.324 e. The van der Waals surface area contributed by atoms with E-state index in [1.54, 1.807) is 7.11 Å². The highest BCUT2D eigenvalue weighted by atomic mass is 127. The van der Waals surface area contributed by atoms with Gasteiger partial charge in [0.1, 0.15) is 5.75 Å². The molecule has 3 amide bonds. The van der Waals surface area contributed by atoms with Gasteiger partial charge in [0.15, 0.2) is 5.96 Å². The highest BCUT2D eigenvalue weighted by Gasteiger charge is 2.27. The van der Waals surface area contributed by atoms with Crippen molar-refractivity contribution in [3.05, 3.63) is 29.8 Å². The lowest BCUT2D eigenvalue weighted by Gasteiger charge is -2.16. The van der Waals surface area contributed by atoms with E-state index in [9.17, 15) is 9.59 Å². The third-order valence-electron chi connectivity index (χ3n) is 4.43. The van der Waals surface area contributed by atoms with Gasteiger partial charge < -0.3 is 20.7 Å². The number of methoxy groups -OCH3 is 1. The Morgan fingerprint density at radius 2 is 2.00 bits per heavy atom. The second-order valence-electron chi connectivity index (χ2n) is 6.35. The fourth-order valence-electron chi connectivity index (χ4n) is 2.78. The lowest BCUT2D eigenvalue weighted by Crippen LogP contribution is -2.43. The van der Waals surface area contributed by atoms with Crippen molar-refractivity contribution in [1.82, 2.24) is 20.9 Å². The van der Waals surface area contributed by atoms with Crippen LogP contribution >= 0.6 is 24.0 Å². The second-order valence-corrected chi connectivity index (χ2v) is 6.35. The number of halogens is 1. The van der Waals surface area contributed by atoms with Gasteiger partial charge in [-0.25, -0.2) is 4.79 Å². The molecule has 156 valence electrons. The Kier molecular flexibility index (Phi) is 10.6. The van der Waals surface area contributed by atoms with Crippen LogP contribution in [0.2, 0.25) is 0 Å². The van der Waals surface area contributed by atoms with Crippen molar-refractivity contribution >= 4 is 41.9 Å². The van der Waals surface area contributed by atoms with Crippen LogP contribution in [0.1, 0.15) is 31.7 Å². The van der Waals surface area contributed by atoms with Crippen LogP contribution in [-0.2, 0) is 4.79 Å². The number of nitrogens with zero attached hydrogens (tertiary/aromatic N) is 2. The van der Waals surface area contributed by atoms with E-state index >= 15 is 0 Å². The monoisotopic (exact) mass is 503 g/mol. The summed E-state index contributed by atoms with van der Waals surface area (Å²) in [5, 5.41) is 8.85. The first-order valence-electron chi connectivity index (χ1n) is 9.29. The molecule has 1 fully saturated rings. The van der Waals surface area contributed by atoms with Crippen LogP contribution in [0.3, 0.4) is 0 Å². The van der Waals surface area contributed by atoms with Gasteiger partial charge in [-0.05, 0) is 37.0 Å². The maximum absolute atomic E-state index is 11.6. The predicted molar refractivity (Wildman–Crippen MR) is 121 cm³/mol. The number of aliphatic imine (C=N–C) groups is 1. The Bertz CT molecular complexity index is 650. The van der Waals surface area contributed by atoms with Gasteiger partial charge in [-0.2, -0.15) is 0 Å². The van der Waals surface area contributed by atoms with Crippen LogP contribution in [0, 0.1) is 0 Å². The summed E-state index contributed by atoms with van der Waals surface area (Å²) < 4.78 is 5.19. The van der Waals surface area contributed by atoms with Gasteiger partial charge in [0, 0.05) is 26.2 Å².